The van der Waals surface area contributed by atoms with Crippen LogP contribution in [0.4, 0.5) is 0 Å². The molecule has 5 heteroatoms. The lowest BCUT2D eigenvalue weighted by molar-refractivity contribution is 0.0725. The molecule has 2 rings (SSSR count). The Morgan fingerprint density at radius 1 is 1.20 bits per heavy atom. The predicted octanol–water partition coefficient (Wildman–Crippen LogP) is 2.58. The Bertz CT molecular complexity index is 495. The van der Waals surface area contributed by atoms with E-state index in [9.17, 15) is 8.42 Å². The minimum Gasteiger partial charge on any atom is -0.379 e. The number of sulfonamides is 1. The predicted molar refractivity (Wildman–Crippen MR) is 80.0 cm³/mol. The summed E-state index contributed by atoms with van der Waals surface area (Å²) in [4.78, 5) is 0. The molecule has 0 spiro atoms. The monoisotopic (exact) mass is 297 g/mol. The molecule has 4 nitrogen and oxygen atoms in total. The molecule has 1 aromatic rings. The van der Waals surface area contributed by atoms with Gasteiger partial charge in [0.25, 0.3) is 0 Å². The van der Waals surface area contributed by atoms with Gasteiger partial charge in [0.2, 0.25) is 10.0 Å². The van der Waals surface area contributed by atoms with E-state index in [1.165, 1.54) is 0 Å². The van der Waals surface area contributed by atoms with E-state index in [1.54, 1.807) is 4.31 Å². The molecule has 0 amide bonds. The van der Waals surface area contributed by atoms with Crippen LogP contribution in [0.25, 0.3) is 0 Å². The van der Waals surface area contributed by atoms with Crippen LogP contribution in [-0.2, 0) is 14.8 Å². The second-order valence-corrected chi connectivity index (χ2v) is 7.21. The summed E-state index contributed by atoms with van der Waals surface area (Å²) < 4.78 is 32.6. The van der Waals surface area contributed by atoms with Gasteiger partial charge in [0, 0.05) is 13.1 Å². The lowest BCUT2D eigenvalue weighted by Gasteiger charge is -2.30. The van der Waals surface area contributed by atoms with Crippen molar-refractivity contribution in [2.45, 2.75) is 31.4 Å². The Morgan fingerprint density at radius 2 is 1.85 bits per heavy atom. The van der Waals surface area contributed by atoms with Gasteiger partial charge in [0.05, 0.1) is 13.2 Å². The van der Waals surface area contributed by atoms with Crippen LogP contribution in [0.1, 0.15) is 37.0 Å². The number of ether oxygens (including phenoxy) is 1. The third kappa shape index (κ3) is 3.59. The minimum absolute atomic E-state index is 0.429. The van der Waals surface area contributed by atoms with E-state index in [2.05, 4.69) is 6.92 Å². The van der Waals surface area contributed by atoms with Crippen LogP contribution in [0.2, 0.25) is 0 Å². The van der Waals surface area contributed by atoms with Crippen molar-refractivity contribution in [2.24, 2.45) is 0 Å². The molecule has 20 heavy (non-hydrogen) atoms. The number of benzene rings is 1. The van der Waals surface area contributed by atoms with E-state index in [-0.39, 0.29) is 0 Å². The van der Waals surface area contributed by atoms with E-state index in [0.29, 0.717) is 32.7 Å². The first-order chi connectivity index (χ1) is 9.66. The molecule has 0 N–H and O–H groups in total. The van der Waals surface area contributed by atoms with Crippen LogP contribution in [0.3, 0.4) is 0 Å². The average molecular weight is 297 g/mol. The van der Waals surface area contributed by atoms with Crippen molar-refractivity contribution in [3.63, 3.8) is 0 Å². The average Bonchev–Trinajstić information content (AvgIpc) is 2.49. The highest BCUT2D eigenvalue weighted by atomic mass is 32.2. The SMILES string of the molecule is CCCC[C@@H](c1ccccc1)S(=O)(=O)N1CCOCC1. The third-order valence-corrected chi connectivity index (χ3v) is 5.99. The fraction of sp³-hybridized carbons (Fsp3) is 0.600. The van der Waals surface area contributed by atoms with Gasteiger partial charge in [-0.15, -0.1) is 0 Å². The van der Waals surface area contributed by atoms with Crippen LogP contribution in [0.15, 0.2) is 30.3 Å². The fourth-order valence-electron chi connectivity index (χ4n) is 2.53. The zero-order valence-corrected chi connectivity index (χ0v) is 12.8. The Labute approximate surface area is 121 Å². The lowest BCUT2D eigenvalue weighted by Crippen LogP contribution is -2.42. The molecule has 1 saturated heterocycles. The van der Waals surface area contributed by atoms with E-state index in [0.717, 1.165) is 18.4 Å². The molecule has 1 aliphatic heterocycles. The maximum absolute atomic E-state index is 12.9. The van der Waals surface area contributed by atoms with Crippen LogP contribution < -0.4 is 0 Å². The van der Waals surface area contributed by atoms with Crippen molar-refractivity contribution < 1.29 is 13.2 Å². The normalized spacial score (nSPS) is 18.9. The van der Waals surface area contributed by atoms with Crippen LogP contribution in [0, 0.1) is 0 Å². The third-order valence-electron chi connectivity index (χ3n) is 3.68. The summed E-state index contributed by atoms with van der Waals surface area (Å²) in [5.74, 6) is 0. The highest BCUT2D eigenvalue weighted by Gasteiger charge is 2.33. The van der Waals surface area contributed by atoms with Crippen molar-refractivity contribution >= 4 is 10.0 Å². The summed E-state index contributed by atoms with van der Waals surface area (Å²) in [6.45, 7) is 4.02. The molecular weight excluding hydrogens is 274 g/mol. The van der Waals surface area contributed by atoms with Gasteiger partial charge in [-0.05, 0) is 12.0 Å². The smallest absolute Gasteiger partial charge is 0.221 e. The fourth-order valence-corrected chi connectivity index (χ4v) is 4.51. The Hall–Kier alpha value is -0.910. The summed E-state index contributed by atoms with van der Waals surface area (Å²) >= 11 is 0. The zero-order valence-electron chi connectivity index (χ0n) is 12.0. The van der Waals surface area contributed by atoms with Gasteiger partial charge in [-0.25, -0.2) is 8.42 Å². The highest BCUT2D eigenvalue weighted by Crippen LogP contribution is 2.31. The van der Waals surface area contributed by atoms with Gasteiger partial charge in [0.1, 0.15) is 5.25 Å². The van der Waals surface area contributed by atoms with Gasteiger partial charge in [-0.3, -0.25) is 0 Å². The number of morpholine rings is 1. The van der Waals surface area contributed by atoms with Gasteiger partial charge in [-0.2, -0.15) is 4.31 Å². The summed E-state index contributed by atoms with van der Waals surface area (Å²) in [6, 6.07) is 9.56. The van der Waals surface area contributed by atoms with E-state index >= 15 is 0 Å². The summed E-state index contributed by atoms with van der Waals surface area (Å²) in [5, 5.41) is -0.429. The quantitative estimate of drug-likeness (QED) is 0.811. The number of unbranched alkanes of at least 4 members (excludes halogenated alkanes) is 1. The maximum atomic E-state index is 12.9. The first kappa shape index (κ1) is 15.5. The Balaban J connectivity index is 2.25. The minimum atomic E-state index is -3.30. The Kier molecular flexibility index (Phi) is 5.57. The molecule has 1 aromatic carbocycles. The molecule has 0 aliphatic carbocycles. The number of hydrogen-bond donors (Lipinski definition) is 0. The van der Waals surface area contributed by atoms with Crippen LogP contribution in [0.5, 0.6) is 0 Å². The first-order valence-corrected chi connectivity index (χ1v) is 8.78. The summed E-state index contributed by atoms with van der Waals surface area (Å²) in [5.41, 5.74) is 0.896. The van der Waals surface area contributed by atoms with Crippen LogP contribution >= 0.6 is 0 Å². The summed E-state index contributed by atoms with van der Waals surface area (Å²) in [6.07, 6.45) is 2.60. The number of hydrogen-bond acceptors (Lipinski definition) is 3. The first-order valence-electron chi connectivity index (χ1n) is 7.28. The molecule has 0 radical (unpaired) electrons. The second kappa shape index (κ2) is 7.20. The van der Waals surface area contributed by atoms with Gasteiger partial charge < -0.3 is 4.74 Å². The van der Waals surface area contributed by atoms with Crippen molar-refractivity contribution in [1.29, 1.82) is 0 Å². The largest absolute Gasteiger partial charge is 0.379 e. The molecule has 1 aliphatic rings. The molecule has 1 heterocycles. The Morgan fingerprint density at radius 3 is 2.45 bits per heavy atom. The highest BCUT2D eigenvalue weighted by molar-refractivity contribution is 7.89. The standard InChI is InChI=1S/C15H23NO3S/c1-2-3-9-15(14-7-5-4-6-8-14)20(17,18)16-10-12-19-13-11-16/h4-8,15H,2-3,9-13H2,1H3/t15-/m0/s1. The zero-order chi connectivity index (χ0) is 14.4. The molecule has 1 fully saturated rings. The number of rotatable bonds is 6. The van der Waals surface area contributed by atoms with Crippen molar-refractivity contribution in [2.75, 3.05) is 26.3 Å². The van der Waals surface area contributed by atoms with Gasteiger partial charge in [0.15, 0.2) is 0 Å². The molecule has 112 valence electrons. The van der Waals surface area contributed by atoms with Crippen molar-refractivity contribution in [1.82, 2.24) is 4.31 Å². The topological polar surface area (TPSA) is 46.6 Å². The molecule has 1 atom stereocenters. The van der Waals surface area contributed by atoms with Crippen LogP contribution in [-0.4, -0.2) is 39.0 Å². The molecule has 0 bridgehead atoms. The molecule has 0 aromatic heterocycles. The molecule has 0 saturated carbocycles. The van der Waals surface area contributed by atoms with E-state index < -0.39 is 15.3 Å². The lowest BCUT2D eigenvalue weighted by atomic mass is 10.1. The molecule has 0 unspecified atom stereocenters. The molecular formula is C15H23NO3S. The van der Waals surface area contributed by atoms with E-state index in [1.807, 2.05) is 30.3 Å². The van der Waals surface area contributed by atoms with Crippen molar-refractivity contribution in [3.05, 3.63) is 35.9 Å². The van der Waals surface area contributed by atoms with E-state index in [4.69, 9.17) is 4.74 Å². The van der Waals surface area contributed by atoms with Gasteiger partial charge >= 0.3 is 0 Å². The number of nitrogens with zero attached hydrogens (tertiary/aromatic N) is 1. The maximum Gasteiger partial charge on any atom is 0.221 e. The van der Waals surface area contributed by atoms with Gasteiger partial charge in [-0.1, -0.05) is 50.1 Å². The van der Waals surface area contributed by atoms with Crippen molar-refractivity contribution in [3.8, 4) is 0 Å². The second-order valence-electron chi connectivity index (χ2n) is 5.10. The summed E-state index contributed by atoms with van der Waals surface area (Å²) in [7, 11) is -3.30.